The quantitative estimate of drug-likeness (QED) is 0.352. The summed E-state index contributed by atoms with van der Waals surface area (Å²) in [6.07, 6.45) is 4.62. The third-order valence-electron chi connectivity index (χ3n) is 5.90. The molecule has 4 aromatic heterocycles. The van der Waals surface area contributed by atoms with Crippen LogP contribution in [0.1, 0.15) is 11.1 Å². The fraction of sp³-hybridized carbons (Fsp3) is 0.0417. The van der Waals surface area contributed by atoms with Crippen molar-refractivity contribution in [2.45, 2.75) is 6.42 Å². The summed E-state index contributed by atoms with van der Waals surface area (Å²) in [6, 6.07) is 21.4. The van der Waals surface area contributed by atoms with E-state index in [9.17, 15) is 0 Å². The summed E-state index contributed by atoms with van der Waals surface area (Å²) >= 11 is 0. The van der Waals surface area contributed by atoms with Crippen LogP contribution in [0.4, 0.5) is 0 Å². The lowest BCUT2D eigenvalue weighted by Crippen LogP contribution is -1.95. The maximum atomic E-state index is 4.89. The number of aromatic nitrogens is 4. The number of benzene rings is 2. The molecule has 4 heteroatoms. The van der Waals surface area contributed by atoms with E-state index in [0.29, 0.717) is 0 Å². The average Bonchev–Trinajstić information content (AvgIpc) is 3.32. The first kappa shape index (κ1) is 14.3. The highest BCUT2D eigenvalue weighted by Crippen LogP contribution is 2.44. The summed E-state index contributed by atoms with van der Waals surface area (Å²) in [5, 5.41) is 3.55. The van der Waals surface area contributed by atoms with Gasteiger partial charge in [0.15, 0.2) is 5.65 Å². The van der Waals surface area contributed by atoms with E-state index in [2.05, 4.69) is 57.9 Å². The molecule has 0 saturated carbocycles. The van der Waals surface area contributed by atoms with Crippen LogP contribution < -0.4 is 0 Å². The number of imidazole rings is 1. The Morgan fingerprint density at radius 3 is 2.57 bits per heavy atom. The molecule has 7 rings (SSSR count). The van der Waals surface area contributed by atoms with Crippen LogP contribution in [0.15, 0.2) is 73.1 Å². The zero-order valence-electron chi connectivity index (χ0n) is 14.9. The first-order chi connectivity index (χ1) is 13.9. The Kier molecular flexibility index (Phi) is 2.51. The van der Waals surface area contributed by atoms with Crippen LogP contribution in [0, 0.1) is 0 Å². The van der Waals surface area contributed by atoms with Gasteiger partial charge in [-0.3, -0.25) is 4.40 Å². The lowest BCUT2D eigenvalue weighted by molar-refractivity contribution is 1.23. The number of hydrogen-bond acceptors (Lipinski definition) is 3. The van der Waals surface area contributed by atoms with E-state index in [0.717, 1.165) is 39.7 Å². The molecule has 130 valence electrons. The molecule has 0 spiro atoms. The largest absolute Gasteiger partial charge is 0.274 e. The second-order valence-electron chi connectivity index (χ2n) is 7.35. The van der Waals surface area contributed by atoms with Gasteiger partial charge in [-0.2, -0.15) is 0 Å². The second kappa shape index (κ2) is 4.93. The summed E-state index contributed by atoms with van der Waals surface area (Å²) in [7, 11) is 0. The zero-order valence-corrected chi connectivity index (χ0v) is 14.9. The van der Waals surface area contributed by atoms with Gasteiger partial charge in [-0.1, -0.05) is 36.4 Å². The van der Waals surface area contributed by atoms with Gasteiger partial charge in [-0.15, -0.1) is 0 Å². The molecule has 1 aliphatic carbocycles. The van der Waals surface area contributed by atoms with Crippen molar-refractivity contribution in [3.8, 4) is 11.1 Å². The minimum absolute atomic E-state index is 0.753. The van der Waals surface area contributed by atoms with Gasteiger partial charge in [0.05, 0.1) is 5.52 Å². The fourth-order valence-corrected chi connectivity index (χ4v) is 4.77. The number of fused-ring (bicyclic) bond motifs is 12. The Labute approximate surface area is 160 Å². The van der Waals surface area contributed by atoms with E-state index < -0.39 is 0 Å². The first-order valence-corrected chi connectivity index (χ1v) is 9.44. The van der Waals surface area contributed by atoms with Crippen LogP contribution >= 0.6 is 0 Å². The van der Waals surface area contributed by atoms with E-state index in [1.165, 1.54) is 27.6 Å². The monoisotopic (exact) mass is 358 g/mol. The van der Waals surface area contributed by atoms with E-state index in [4.69, 9.17) is 9.97 Å². The third-order valence-corrected chi connectivity index (χ3v) is 5.90. The smallest absolute Gasteiger partial charge is 0.178 e. The molecular weight excluding hydrogens is 344 g/mol. The molecule has 4 heterocycles. The Morgan fingerprint density at radius 2 is 1.57 bits per heavy atom. The molecule has 0 amide bonds. The standard InChI is InChI=1S/C24H14N4/c1-2-6-16-14(5-1)13-15-9-10-18-21(20(15)16)17-7-3-12-26-23(17)28-19-8-4-11-25-22(19)27-24(18)28/h1-12H,13H2. The van der Waals surface area contributed by atoms with Crippen molar-refractivity contribution in [3.63, 3.8) is 0 Å². The second-order valence-corrected chi connectivity index (χ2v) is 7.35. The summed E-state index contributed by atoms with van der Waals surface area (Å²) in [6.45, 7) is 0. The normalized spacial score (nSPS) is 12.9. The van der Waals surface area contributed by atoms with Gasteiger partial charge in [0, 0.05) is 28.6 Å². The maximum absolute atomic E-state index is 4.89. The van der Waals surface area contributed by atoms with Gasteiger partial charge < -0.3 is 0 Å². The number of nitrogens with zero attached hydrogens (tertiary/aromatic N) is 4. The molecule has 28 heavy (non-hydrogen) atoms. The van der Waals surface area contributed by atoms with Gasteiger partial charge >= 0.3 is 0 Å². The van der Waals surface area contributed by atoms with E-state index in [-0.39, 0.29) is 0 Å². The van der Waals surface area contributed by atoms with Gasteiger partial charge in [0.1, 0.15) is 11.3 Å². The molecule has 0 N–H and O–H groups in total. The van der Waals surface area contributed by atoms with Crippen molar-refractivity contribution >= 4 is 38.6 Å². The summed E-state index contributed by atoms with van der Waals surface area (Å²) in [4.78, 5) is 14.1. The Morgan fingerprint density at radius 1 is 0.714 bits per heavy atom. The van der Waals surface area contributed by atoms with Crippen molar-refractivity contribution in [3.05, 3.63) is 84.2 Å². The molecule has 0 fully saturated rings. The van der Waals surface area contributed by atoms with Crippen LogP contribution in [-0.2, 0) is 6.42 Å². The lowest BCUT2D eigenvalue weighted by atomic mass is 9.96. The molecule has 0 aliphatic heterocycles. The summed E-state index contributed by atoms with van der Waals surface area (Å²) in [5.41, 5.74) is 9.00. The van der Waals surface area contributed by atoms with E-state index >= 15 is 0 Å². The Balaban J connectivity index is 1.82. The van der Waals surface area contributed by atoms with E-state index in [1.54, 1.807) is 6.20 Å². The maximum Gasteiger partial charge on any atom is 0.178 e. The van der Waals surface area contributed by atoms with Crippen molar-refractivity contribution < 1.29 is 0 Å². The number of pyridine rings is 3. The van der Waals surface area contributed by atoms with Gasteiger partial charge in [-0.05, 0) is 52.9 Å². The van der Waals surface area contributed by atoms with Crippen LogP contribution in [0.2, 0.25) is 0 Å². The van der Waals surface area contributed by atoms with Crippen molar-refractivity contribution in [1.82, 2.24) is 19.4 Å². The topological polar surface area (TPSA) is 43.1 Å². The Hall–Kier alpha value is -3.79. The summed E-state index contributed by atoms with van der Waals surface area (Å²) in [5.74, 6) is 0. The molecule has 6 aromatic rings. The summed E-state index contributed by atoms with van der Waals surface area (Å²) < 4.78 is 2.15. The van der Waals surface area contributed by atoms with Crippen LogP contribution in [0.25, 0.3) is 49.7 Å². The predicted octanol–water partition coefficient (Wildman–Crippen LogP) is 5.16. The van der Waals surface area contributed by atoms with Crippen LogP contribution in [0.3, 0.4) is 0 Å². The zero-order chi connectivity index (χ0) is 18.2. The number of rotatable bonds is 0. The SMILES string of the molecule is c1ccc2c(c1)Cc1ccc3c(c1-2)c1cccnc1n1c2cccnc2nc31. The van der Waals surface area contributed by atoms with E-state index in [1.807, 2.05) is 18.3 Å². The molecule has 0 bridgehead atoms. The molecule has 1 aliphatic rings. The molecule has 0 saturated heterocycles. The van der Waals surface area contributed by atoms with Gasteiger partial charge in [0.2, 0.25) is 0 Å². The number of hydrogen-bond donors (Lipinski definition) is 0. The molecule has 0 unspecified atom stereocenters. The lowest BCUT2D eigenvalue weighted by Gasteiger charge is -2.12. The first-order valence-electron chi connectivity index (χ1n) is 9.44. The van der Waals surface area contributed by atoms with Crippen molar-refractivity contribution in [1.29, 1.82) is 0 Å². The van der Waals surface area contributed by atoms with Crippen molar-refractivity contribution in [2.75, 3.05) is 0 Å². The molecule has 0 atom stereocenters. The highest BCUT2D eigenvalue weighted by atomic mass is 15.1. The van der Waals surface area contributed by atoms with Crippen LogP contribution in [0.5, 0.6) is 0 Å². The minimum atomic E-state index is 0.753. The molecular formula is C24H14N4. The Bertz CT molecular complexity index is 1590. The van der Waals surface area contributed by atoms with Gasteiger partial charge in [0.25, 0.3) is 0 Å². The average molecular weight is 358 g/mol. The minimum Gasteiger partial charge on any atom is -0.274 e. The highest BCUT2D eigenvalue weighted by Gasteiger charge is 2.24. The predicted molar refractivity (Wildman–Crippen MR) is 112 cm³/mol. The molecule has 4 nitrogen and oxygen atoms in total. The fourth-order valence-electron chi connectivity index (χ4n) is 4.77. The molecule has 2 aromatic carbocycles. The third kappa shape index (κ3) is 1.63. The molecule has 0 radical (unpaired) electrons. The van der Waals surface area contributed by atoms with Crippen LogP contribution in [-0.4, -0.2) is 19.4 Å². The highest BCUT2D eigenvalue weighted by molar-refractivity contribution is 6.19. The van der Waals surface area contributed by atoms with Crippen molar-refractivity contribution in [2.24, 2.45) is 0 Å². The van der Waals surface area contributed by atoms with Gasteiger partial charge in [-0.25, -0.2) is 15.0 Å².